The molecule has 7 nitrogen and oxygen atoms in total. The summed E-state index contributed by atoms with van der Waals surface area (Å²) in [5.41, 5.74) is 1.31. The fourth-order valence-electron chi connectivity index (χ4n) is 3.34. The van der Waals surface area contributed by atoms with Crippen molar-refractivity contribution < 1.29 is 37.3 Å². The second-order valence-corrected chi connectivity index (χ2v) is 8.71. The summed E-state index contributed by atoms with van der Waals surface area (Å²) in [5, 5.41) is 9.29. The van der Waals surface area contributed by atoms with E-state index in [0.717, 1.165) is 32.5 Å². The van der Waals surface area contributed by atoms with Crippen LogP contribution in [-0.2, 0) is 25.6 Å². The fraction of sp³-hybridized carbons (Fsp3) is 0.684. The number of carbonyl (C=O) groups excluding carboxylic acids is 1. The Kier molecular flexibility index (Phi) is 8.26. The van der Waals surface area contributed by atoms with E-state index in [1.165, 1.54) is 10.4 Å². The number of carboxylic acids is 1. The molecule has 0 radical (unpaired) electrons. The molecule has 1 spiro atoms. The van der Waals surface area contributed by atoms with Crippen molar-refractivity contribution >= 4 is 23.2 Å². The Balaban J connectivity index is 0.000000396. The molecule has 2 aliphatic rings. The van der Waals surface area contributed by atoms with E-state index in [1.54, 1.807) is 19.0 Å². The number of nitrogens with zero attached hydrogens (tertiary/aromatic N) is 2. The second-order valence-electron chi connectivity index (χ2n) is 7.71. The predicted octanol–water partition coefficient (Wildman–Crippen LogP) is 2.53. The third-order valence-corrected chi connectivity index (χ3v) is 6.10. The van der Waals surface area contributed by atoms with Crippen molar-refractivity contribution in [3.8, 4) is 0 Å². The second kappa shape index (κ2) is 10.1. The largest absolute Gasteiger partial charge is 0.490 e. The number of amides is 1. The normalized spacial score (nSPS) is 24.0. The Bertz CT molecular complexity index is 740. The molecule has 170 valence electrons. The highest BCUT2D eigenvalue weighted by molar-refractivity contribution is 7.10. The van der Waals surface area contributed by atoms with E-state index in [9.17, 15) is 18.0 Å². The lowest BCUT2D eigenvalue weighted by atomic mass is 9.98. The number of aryl methyl sites for hydroxylation is 1. The molecule has 2 fully saturated rings. The van der Waals surface area contributed by atoms with Crippen molar-refractivity contribution in [3.63, 3.8) is 0 Å². The first-order valence-electron chi connectivity index (χ1n) is 9.43. The van der Waals surface area contributed by atoms with Gasteiger partial charge in [0, 0.05) is 45.0 Å². The van der Waals surface area contributed by atoms with Gasteiger partial charge in [0.25, 0.3) is 0 Å². The molecule has 0 unspecified atom stereocenters. The average Bonchev–Trinajstić information content (AvgIpc) is 3.35. The summed E-state index contributed by atoms with van der Waals surface area (Å²) in [6, 6.07) is 2.18. The van der Waals surface area contributed by atoms with Crippen LogP contribution in [0.3, 0.4) is 0 Å². The van der Waals surface area contributed by atoms with E-state index in [1.807, 2.05) is 11.3 Å². The van der Waals surface area contributed by atoms with Gasteiger partial charge in [0.1, 0.15) is 6.61 Å². The summed E-state index contributed by atoms with van der Waals surface area (Å²) in [7, 11) is 3.50. The van der Waals surface area contributed by atoms with Gasteiger partial charge in [-0.2, -0.15) is 13.2 Å². The van der Waals surface area contributed by atoms with Crippen molar-refractivity contribution in [1.82, 2.24) is 9.80 Å². The van der Waals surface area contributed by atoms with Crippen LogP contribution >= 0.6 is 11.3 Å². The molecular formula is C19H27F3N2O5S. The molecule has 0 aliphatic carbocycles. The van der Waals surface area contributed by atoms with E-state index >= 15 is 0 Å². The SMILES string of the molecule is Cc1ccsc1CN1CC[C@]2(C[C@H](OCC(=O)N(C)C)CO2)C1.O=C(O)C(F)(F)F. The molecule has 1 amide bonds. The molecular weight excluding hydrogens is 425 g/mol. The maximum atomic E-state index is 11.6. The van der Waals surface area contributed by atoms with E-state index in [4.69, 9.17) is 19.4 Å². The molecule has 2 aliphatic heterocycles. The lowest BCUT2D eigenvalue weighted by Gasteiger charge is -2.23. The average molecular weight is 452 g/mol. The smallest absolute Gasteiger partial charge is 0.475 e. The molecule has 0 aromatic carbocycles. The molecule has 0 bridgehead atoms. The molecule has 1 aromatic rings. The van der Waals surface area contributed by atoms with Crippen molar-refractivity contribution in [2.75, 3.05) is 40.4 Å². The summed E-state index contributed by atoms with van der Waals surface area (Å²) in [4.78, 5) is 26.0. The summed E-state index contributed by atoms with van der Waals surface area (Å²) >= 11 is 1.83. The molecule has 11 heteroatoms. The highest BCUT2D eigenvalue weighted by Gasteiger charge is 2.46. The number of likely N-dealkylation sites (N-methyl/N-ethyl adjacent to an activating group) is 1. The van der Waals surface area contributed by atoms with Crippen molar-refractivity contribution in [2.45, 2.75) is 44.2 Å². The van der Waals surface area contributed by atoms with Crippen molar-refractivity contribution in [2.24, 2.45) is 0 Å². The van der Waals surface area contributed by atoms with Crippen LogP contribution in [0.1, 0.15) is 23.3 Å². The Morgan fingerprint density at radius 3 is 2.63 bits per heavy atom. The summed E-state index contributed by atoms with van der Waals surface area (Å²) in [6.07, 6.45) is -3.09. The minimum absolute atomic E-state index is 0.00664. The van der Waals surface area contributed by atoms with Crippen LogP contribution in [0.15, 0.2) is 11.4 Å². The zero-order valence-corrected chi connectivity index (χ0v) is 18.0. The molecule has 1 N–H and O–H groups in total. The van der Waals surface area contributed by atoms with Crippen molar-refractivity contribution in [3.05, 3.63) is 21.9 Å². The van der Waals surface area contributed by atoms with Crippen LogP contribution in [0, 0.1) is 6.92 Å². The summed E-state index contributed by atoms with van der Waals surface area (Å²) < 4.78 is 43.6. The number of likely N-dealkylation sites (tertiary alicyclic amines) is 1. The third-order valence-electron chi connectivity index (χ3n) is 5.09. The van der Waals surface area contributed by atoms with Gasteiger partial charge in [0.2, 0.25) is 5.91 Å². The fourth-order valence-corrected chi connectivity index (χ4v) is 4.29. The number of hydrogen-bond donors (Lipinski definition) is 1. The highest BCUT2D eigenvalue weighted by atomic mass is 32.1. The minimum Gasteiger partial charge on any atom is -0.475 e. The number of aliphatic carboxylic acids is 1. The van der Waals surface area contributed by atoms with Gasteiger partial charge >= 0.3 is 12.1 Å². The lowest BCUT2D eigenvalue weighted by Crippen LogP contribution is -2.33. The molecule has 3 rings (SSSR count). The number of halogens is 3. The Labute approximate surface area is 177 Å². The zero-order chi connectivity index (χ0) is 22.5. The van der Waals surface area contributed by atoms with Crippen LogP contribution in [0.2, 0.25) is 0 Å². The number of carboxylic acid groups (broad SMARTS) is 1. The van der Waals surface area contributed by atoms with Crippen LogP contribution in [0.4, 0.5) is 13.2 Å². The monoisotopic (exact) mass is 452 g/mol. The first-order chi connectivity index (χ1) is 13.9. The van der Waals surface area contributed by atoms with Crippen LogP contribution in [-0.4, -0.2) is 85.1 Å². The van der Waals surface area contributed by atoms with E-state index in [2.05, 4.69) is 23.3 Å². The van der Waals surface area contributed by atoms with E-state index in [-0.39, 0.29) is 24.2 Å². The van der Waals surface area contributed by atoms with E-state index < -0.39 is 12.1 Å². The maximum absolute atomic E-state index is 11.6. The quantitative estimate of drug-likeness (QED) is 0.740. The molecule has 30 heavy (non-hydrogen) atoms. The van der Waals surface area contributed by atoms with Gasteiger partial charge in [0.05, 0.1) is 18.3 Å². The Morgan fingerprint density at radius 2 is 2.10 bits per heavy atom. The topological polar surface area (TPSA) is 79.3 Å². The standard InChI is InChI=1S/C17H26N2O3S.C2HF3O2/c1-13-4-7-23-15(13)9-19-6-5-17(12-19)8-14(10-22-17)21-11-16(20)18(2)3;3-2(4,5)1(6)7/h4,7,14H,5-6,8-12H2,1-3H3;(H,6,7)/t14-,17-;/m0./s1. The molecule has 2 saturated heterocycles. The minimum atomic E-state index is -5.08. The first-order valence-corrected chi connectivity index (χ1v) is 10.3. The van der Waals surface area contributed by atoms with Crippen LogP contribution < -0.4 is 0 Å². The highest BCUT2D eigenvalue weighted by Crippen LogP contribution is 2.37. The van der Waals surface area contributed by atoms with Crippen molar-refractivity contribution in [1.29, 1.82) is 0 Å². The van der Waals surface area contributed by atoms with Gasteiger partial charge < -0.3 is 19.5 Å². The number of hydrogen-bond acceptors (Lipinski definition) is 6. The predicted molar refractivity (Wildman–Crippen MR) is 104 cm³/mol. The molecule has 1 aromatic heterocycles. The Morgan fingerprint density at radius 1 is 1.43 bits per heavy atom. The lowest BCUT2D eigenvalue weighted by molar-refractivity contribution is -0.192. The number of alkyl halides is 3. The van der Waals surface area contributed by atoms with Gasteiger partial charge in [-0.25, -0.2) is 4.79 Å². The van der Waals surface area contributed by atoms with E-state index in [0.29, 0.717) is 6.61 Å². The number of rotatable bonds is 5. The number of thiophene rings is 1. The number of ether oxygens (including phenoxy) is 2. The maximum Gasteiger partial charge on any atom is 0.490 e. The first kappa shape index (κ1) is 24.6. The summed E-state index contributed by atoms with van der Waals surface area (Å²) in [6.45, 7) is 5.98. The molecule has 0 saturated carbocycles. The molecule has 2 atom stereocenters. The van der Waals surface area contributed by atoms with Gasteiger partial charge in [0.15, 0.2) is 0 Å². The molecule has 3 heterocycles. The van der Waals surface area contributed by atoms with Crippen LogP contribution in [0.25, 0.3) is 0 Å². The Hall–Kier alpha value is -1.69. The number of carbonyl (C=O) groups is 2. The van der Waals surface area contributed by atoms with Crippen LogP contribution in [0.5, 0.6) is 0 Å². The van der Waals surface area contributed by atoms with Gasteiger partial charge in [-0.1, -0.05) is 0 Å². The summed E-state index contributed by atoms with van der Waals surface area (Å²) in [5.74, 6) is -2.75. The third kappa shape index (κ3) is 6.93. The van der Waals surface area contributed by atoms with Gasteiger partial charge in [-0.05, 0) is 30.4 Å². The zero-order valence-electron chi connectivity index (χ0n) is 17.2. The van der Waals surface area contributed by atoms with Gasteiger partial charge in [-0.3, -0.25) is 9.69 Å². The van der Waals surface area contributed by atoms with Gasteiger partial charge in [-0.15, -0.1) is 11.3 Å².